The summed E-state index contributed by atoms with van der Waals surface area (Å²) in [6, 6.07) is 0. The third-order valence-electron chi connectivity index (χ3n) is 5.90. The Balaban J connectivity index is 3.15. The van der Waals surface area contributed by atoms with Crippen LogP contribution >= 0.6 is 0 Å². The quantitative estimate of drug-likeness (QED) is 0.0878. The summed E-state index contributed by atoms with van der Waals surface area (Å²) in [6.07, 6.45) is 32.7. The maximum absolute atomic E-state index is 11.6. The van der Waals surface area contributed by atoms with Crippen LogP contribution in [0.25, 0.3) is 0 Å². The first kappa shape index (κ1) is 29.2. The summed E-state index contributed by atoms with van der Waals surface area (Å²) < 4.78 is 5.28. The summed E-state index contributed by atoms with van der Waals surface area (Å²) in [5, 5.41) is 0. The van der Waals surface area contributed by atoms with Gasteiger partial charge in [-0.2, -0.15) is 0 Å². The topological polar surface area (TPSA) is 26.3 Å². The van der Waals surface area contributed by atoms with Crippen molar-refractivity contribution >= 4 is 5.97 Å². The number of hydrogen-bond donors (Lipinski definition) is 0. The van der Waals surface area contributed by atoms with E-state index in [1.54, 1.807) is 0 Å². The lowest BCUT2D eigenvalue weighted by Crippen LogP contribution is -2.05. The number of carbonyl (C=O) groups excluding carboxylic acids is 1. The van der Waals surface area contributed by atoms with E-state index < -0.39 is 0 Å². The van der Waals surface area contributed by atoms with Gasteiger partial charge in [-0.25, -0.2) is 0 Å². The van der Waals surface area contributed by atoms with Crippen molar-refractivity contribution in [2.24, 2.45) is 0 Å². The SMILES string of the molecule is CCCCCCCC/C=C\CCCCCCCCCCCC(=O)OCCCCCC. The lowest BCUT2D eigenvalue weighted by Gasteiger charge is -2.05. The van der Waals surface area contributed by atoms with Gasteiger partial charge >= 0.3 is 5.97 Å². The Hall–Kier alpha value is -0.790. The molecule has 0 radical (unpaired) electrons. The molecule has 0 fully saturated rings. The van der Waals surface area contributed by atoms with E-state index in [-0.39, 0.29) is 5.97 Å². The van der Waals surface area contributed by atoms with Crippen molar-refractivity contribution in [3.05, 3.63) is 12.2 Å². The minimum Gasteiger partial charge on any atom is -0.466 e. The molecule has 0 amide bonds. The van der Waals surface area contributed by atoms with E-state index in [0.717, 1.165) is 12.8 Å². The predicted molar refractivity (Wildman–Crippen MR) is 133 cm³/mol. The average molecular weight is 423 g/mol. The maximum Gasteiger partial charge on any atom is 0.305 e. The normalized spacial score (nSPS) is 11.4. The molecule has 30 heavy (non-hydrogen) atoms. The first-order valence-electron chi connectivity index (χ1n) is 13.6. The average Bonchev–Trinajstić information content (AvgIpc) is 2.75. The van der Waals surface area contributed by atoms with Crippen molar-refractivity contribution in [2.45, 2.75) is 155 Å². The summed E-state index contributed by atoms with van der Waals surface area (Å²) >= 11 is 0. The van der Waals surface area contributed by atoms with Crippen molar-refractivity contribution in [1.82, 2.24) is 0 Å². The van der Waals surface area contributed by atoms with Crippen LogP contribution in [-0.2, 0) is 9.53 Å². The zero-order valence-electron chi connectivity index (χ0n) is 20.7. The molecule has 0 unspecified atom stereocenters. The molecule has 0 aromatic carbocycles. The Morgan fingerprint density at radius 3 is 1.43 bits per heavy atom. The van der Waals surface area contributed by atoms with E-state index >= 15 is 0 Å². The Morgan fingerprint density at radius 2 is 0.933 bits per heavy atom. The summed E-state index contributed by atoms with van der Waals surface area (Å²) in [5.74, 6) is 0.00696. The zero-order valence-corrected chi connectivity index (χ0v) is 20.7. The highest BCUT2D eigenvalue weighted by atomic mass is 16.5. The molecule has 0 spiro atoms. The molecule has 0 aliphatic rings. The molecule has 0 heterocycles. The number of unbranched alkanes of at least 4 members (excludes halogenated alkanes) is 18. The summed E-state index contributed by atoms with van der Waals surface area (Å²) in [7, 11) is 0. The molecule has 0 bridgehead atoms. The van der Waals surface area contributed by atoms with Crippen LogP contribution in [0.3, 0.4) is 0 Å². The molecule has 0 aliphatic carbocycles. The molecule has 0 saturated carbocycles. The van der Waals surface area contributed by atoms with E-state index in [1.165, 1.54) is 122 Å². The van der Waals surface area contributed by atoms with Crippen molar-refractivity contribution in [1.29, 1.82) is 0 Å². The number of carbonyl (C=O) groups is 1. The van der Waals surface area contributed by atoms with Gasteiger partial charge in [0.05, 0.1) is 6.61 Å². The molecular weight excluding hydrogens is 368 g/mol. The monoisotopic (exact) mass is 422 g/mol. The van der Waals surface area contributed by atoms with Crippen LogP contribution in [0.5, 0.6) is 0 Å². The Morgan fingerprint density at radius 1 is 0.533 bits per heavy atom. The highest BCUT2D eigenvalue weighted by Gasteiger charge is 2.02. The smallest absolute Gasteiger partial charge is 0.305 e. The third-order valence-corrected chi connectivity index (χ3v) is 5.90. The highest BCUT2D eigenvalue weighted by molar-refractivity contribution is 5.69. The molecule has 178 valence electrons. The molecule has 0 aromatic heterocycles. The van der Waals surface area contributed by atoms with Crippen LogP contribution in [0.2, 0.25) is 0 Å². The molecule has 0 aromatic rings. The predicted octanol–water partition coefficient (Wildman–Crippen LogP) is 9.71. The fourth-order valence-corrected chi connectivity index (χ4v) is 3.83. The standard InChI is InChI=1S/C28H54O2/c1-3-5-7-9-10-11-12-13-14-15-16-17-18-19-20-21-22-23-24-26-28(29)30-27-25-8-6-4-2/h13-14H,3-12,15-27H2,1-2H3/b14-13-. The van der Waals surface area contributed by atoms with Crippen molar-refractivity contribution in [3.63, 3.8) is 0 Å². The number of allylic oxidation sites excluding steroid dienone is 2. The van der Waals surface area contributed by atoms with Gasteiger partial charge in [-0.3, -0.25) is 4.79 Å². The van der Waals surface area contributed by atoms with Crippen molar-refractivity contribution < 1.29 is 9.53 Å². The van der Waals surface area contributed by atoms with Gasteiger partial charge in [-0.1, -0.05) is 122 Å². The summed E-state index contributed by atoms with van der Waals surface area (Å²) in [5.41, 5.74) is 0. The molecule has 0 rings (SSSR count). The Kier molecular flexibility index (Phi) is 25.6. The van der Waals surface area contributed by atoms with E-state index in [2.05, 4.69) is 26.0 Å². The van der Waals surface area contributed by atoms with Crippen LogP contribution in [0.4, 0.5) is 0 Å². The molecule has 0 atom stereocenters. The molecule has 0 N–H and O–H groups in total. The highest BCUT2D eigenvalue weighted by Crippen LogP contribution is 2.12. The van der Waals surface area contributed by atoms with Gasteiger partial charge in [0.2, 0.25) is 0 Å². The van der Waals surface area contributed by atoms with Gasteiger partial charge in [-0.05, 0) is 38.5 Å². The fourth-order valence-electron chi connectivity index (χ4n) is 3.83. The van der Waals surface area contributed by atoms with Gasteiger partial charge in [0, 0.05) is 6.42 Å². The van der Waals surface area contributed by atoms with E-state index in [0.29, 0.717) is 13.0 Å². The number of ether oxygens (including phenoxy) is 1. The summed E-state index contributed by atoms with van der Waals surface area (Å²) in [4.78, 5) is 11.6. The first-order valence-corrected chi connectivity index (χ1v) is 13.6. The van der Waals surface area contributed by atoms with Crippen LogP contribution in [0.1, 0.15) is 155 Å². The maximum atomic E-state index is 11.6. The minimum atomic E-state index is 0.00696. The van der Waals surface area contributed by atoms with E-state index in [9.17, 15) is 4.79 Å². The van der Waals surface area contributed by atoms with Gasteiger partial charge in [0.15, 0.2) is 0 Å². The number of hydrogen-bond acceptors (Lipinski definition) is 2. The second-order valence-electron chi connectivity index (χ2n) is 9.03. The minimum absolute atomic E-state index is 0.00696. The van der Waals surface area contributed by atoms with Crippen LogP contribution in [0, 0.1) is 0 Å². The van der Waals surface area contributed by atoms with Crippen LogP contribution in [0.15, 0.2) is 12.2 Å². The molecule has 0 aliphatic heterocycles. The lowest BCUT2D eigenvalue weighted by molar-refractivity contribution is -0.143. The van der Waals surface area contributed by atoms with Crippen molar-refractivity contribution in [2.75, 3.05) is 6.61 Å². The van der Waals surface area contributed by atoms with E-state index in [1.807, 2.05) is 0 Å². The van der Waals surface area contributed by atoms with E-state index in [4.69, 9.17) is 4.74 Å². The van der Waals surface area contributed by atoms with Gasteiger partial charge in [0.1, 0.15) is 0 Å². The fraction of sp³-hybridized carbons (Fsp3) is 0.893. The summed E-state index contributed by atoms with van der Waals surface area (Å²) in [6.45, 7) is 5.10. The lowest BCUT2D eigenvalue weighted by atomic mass is 10.1. The number of rotatable bonds is 24. The largest absolute Gasteiger partial charge is 0.466 e. The molecule has 2 heteroatoms. The Labute approximate surface area is 189 Å². The van der Waals surface area contributed by atoms with Crippen LogP contribution in [-0.4, -0.2) is 12.6 Å². The molecular formula is C28H54O2. The van der Waals surface area contributed by atoms with Gasteiger partial charge < -0.3 is 4.74 Å². The third kappa shape index (κ3) is 25.2. The first-order chi connectivity index (χ1) is 14.8. The second-order valence-corrected chi connectivity index (χ2v) is 9.03. The zero-order chi connectivity index (χ0) is 22.0. The van der Waals surface area contributed by atoms with Gasteiger partial charge in [-0.15, -0.1) is 0 Å². The molecule has 0 saturated heterocycles. The van der Waals surface area contributed by atoms with Gasteiger partial charge in [0.25, 0.3) is 0 Å². The van der Waals surface area contributed by atoms with Crippen LogP contribution < -0.4 is 0 Å². The van der Waals surface area contributed by atoms with Crippen molar-refractivity contribution in [3.8, 4) is 0 Å². The number of esters is 1. The second kappa shape index (κ2) is 26.2. The Bertz CT molecular complexity index is 362. The molecule has 2 nitrogen and oxygen atoms in total.